The van der Waals surface area contributed by atoms with Crippen LogP contribution in [0.1, 0.15) is 12.1 Å². The van der Waals surface area contributed by atoms with Crippen LogP contribution in [0.3, 0.4) is 0 Å². The van der Waals surface area contributed by atoms with Gasteiger partial charge in [0.05, 0.1) is 17.4 Å². The minimum atomic E-state index is -0.0189. The summed E-state index contributed by atoms with van der Waals surface area (Å²) in [5.74, 6) is 0.0346. The molecular formula is C10H13N3O. The number of nitrogens with zero attached hydrogens (tertiary/aromatic N) is 1. The highest BCUT2D eigenvalue weighted by Crippen LogP contribution is 2.12. The molecule has 1 amide bonds. The molecule has 1 aliphatic rings. The lowest BCUT2D eigenvalue weighted by Gasteiger charge is -2.26. The molecule has 0 bridgehead atoms. The normalized spacial score (nSPS) is 19.9. The number of hydrogen-bond acceptors (Lipinski definition) is 3. The van der Waals surface area contributed by atoms with Gasteiger partial charge >= 0.3 is 0 Å². The number of nitrogens with one attached hydrogen (secondary N) is 2. The van der Waals surface area contributed by atoms with Crippen LogP contribution >= 0.6 is 0 Å². The molecule has 74 valence electrons. The van der Waals surface area contributed by atoms with Crippen LogP contribution in [0.15, 0.2) is 18.3 Å². The first-order chi connectivity index (χ1) is 6.77. The van der Waals surface area contributed by atoms with Gasteiger partial charge in [-0.25, -0.2) is 0 Å². The average molecular weight is 191 g/mol. The molecule has 1 saturated heterocycles. The highest BCUT2D eigenvalue weighted by atomic mass is 16.2. The summed E-state index contributed by atoms with van der Waals surface area (Å²) in [7, 11) is 0. The van der Waals surface area contributed by atoms with Crippen LogP contribution in [0, 0.1) is 6.92 Å². The Bertz CT molecular complexity index is 347. The maximum atomic E-state index is 11.5. The van der Waals surface area contributed by atoms with Gasteiger partial charge in [0, 0.05) is 6.20 Å². The summed E-state index contributed by atoms with van der Waals surface area (Å²) in [6.45, 7) is 2.81. The van der Waals surface area contributed by atoms with Crippen LogP contribution in [0.25, 0.3) is 0 Å². The Morgan fingerprint density at radius 1 is 1.71 bits per heavy atom. The zero-order chi connectivity index (χ0) is 9.97. The van der Waals surface area contributed by atoms with E-state index in [2.05, 4.69) is 15.6 Å². The number of hydrogen-bond donors (Lipinski definition) is 2. The van der Waals surface area contributed by atoms with E-state index < -0.39 is 0 Å². The van der Waals surface area contributed by atoms with E-state index in [4.69, 9.17) is 0 Å². The van der Waals surface area contributed by atoms with Crippen molar-refractivity contribution >= 4 is 11.6 Å². The second-order valence-electron chi connectivity index (χ2n) is 3.42. The molecule has 1 aliphatic heterocycles. The van der Waals surface area contributed by atoms with Gasteiger partial charge in [-0.2, -0.15) is 0 Å². The summed E-state index contributed by atoms with van der Waals surface area (Å²) in [5, 5.41) is 5.90. The van der Waals surface area contributed by atoms with Crippen LogP contribution in [-0.2, 0) is 4.79 Å². The van der Waals surface area contributed by atoms with Crippen LogP contribution in [0.5, 0.6) is 0 Å². The third-order valence-corrected chi connectivity index (χ3v) is 2.41. The van der Waals surface area contributed by atoms with Gasteiger partial charge in [0.15, 0.2) is 0 Å². The molecule has 2 rings (SSSR count). The largest absolute Gasteiger partial charge is 0.323 e. The predicted molar refractivity (Wildman–Crippen MR) is 54.0 cm³/mol. The van der Waals surface area contributed by atoms with E-state index in [1.165, 1.54) is 0 Å². The Labute approximate surface area is 82.7 Å². The number of pyridine rings is 1. The predicted octanol–water partition coefficient (Wildman–Crippen LogP) is 0.690. The van der Waals surface area contributed by atoms with E-state index in [1.807, 2.05) is 19.1 Å². The number of carbonyl (C=O) groups is 1. The van der Waals surface area contributed by atoms with Crippen molar-refractivity contribution in [3.8, 4) is 0 Å². The standard InChI is InChI=1S/C10H13N3O/c1-7-8(3-2-5-11-7)13-10(14)9-4-6-12-9/h2-3,5,9,12H,4,6H2,1H3,(H,13,14)/t9-/m1/s1. The summed E-state index contributed by atoms with van der Waals surface area (Å²) < 4.78 is 0. The fraction of sp³-hybridized carbons (Fsp3) is 0.400. The third kappa shape index (κ3) is 1.75. The van der Waals surface area contributed by atoms with Gasteiger partial charge in [0.1, 0.15) is 0 Å². The number of aryl methyl sites for hydroxylation is 1. The third-order valence-electron chi connectivity index (χ3n) is 2.41. The summed E-state index contributed by atoms with van der Waals surface area (Å²) in [5.41, 5.74) is 1.64. The van der Waals surface area contributed by atoms with Crippen molar-refractivity contribution in [3.05, 3.63) is 24.0 Å². The topological polar surface area (TPSA) is 54.0 Å². The Hall–Kier alpha value is -1.42. The first-order valence-electron chi connectivity index (χ1n) is 4.73. The van der Waals surface area contributed by atoms with E-state index in [1.54, 1.807) is 6.20 Å². The maximum Gasteiger partial charge on any atom is 0.241 e. The van der Waals surface area contributed by atoms with Crippen molar-refractivity contribution in [1.29, 1.82) is 0 Å². The van der Waals surface area contributed by atoms with E-state index in [-0.39, 0.29) is 11.9 Å². The molecule has 0 aromatic carbocycles. The molecule has 1 aromatic rings. The molecule has 1 fully saturated rings. The van der Waals surface area contributed by atoms with Gasteiger partial charge in [0.2, 0.25) is 5.91 Å². The molecular weight excluding hydrogens is 178 g/mol. The van der Waals surface area contributed by atoms with Gasteiger partial charge in [-0.05, 0) is 32.0 Å². The van der Waals surface area contributed by atoms with Crippen molar-refractivity contribution in [1.82, 2.24) is 10.3 Å². The number of anilines is 1. The Balaban J connectivity index is 2.03. The molecule has 1 atom stereocenters. The highest BCUT2D eigenvalue weighted by molar-refractivity contribution is 5.95. The Morgan fingerprint density at radius 2 is 2.50 bits per heavy atom. The van der Waals surface area contributed by atoms with E-state index >= 15 is 0 Å². The minimum absolute atomic E-state index is 0.0189. The summed E-state index contributed by atoms with van der Waals surface area (Å²) >= 11 is 0. The highest BCUT2D eigenvalue weighted by Gasteiger charge is 2.24. The van der Waals surface area contributed by atoms with Crippen LogP contribution in [-0.4, -0.2) is 23.5 Å². The Kier molecular flexibility index (Phi) is 2.45. The van der Waals surface area contributed by atoms with Gasteiger partial charge in [-0.3, -0.25) is 9.78 Å². The molecule has 14 heavy (non-hydrogen) atoms. The SMILES string of the molecule is Cc1ncccc1NC(=O)[C@H]1CCN1. The summed E-state index contributed by atoms with van der Waals surface area (Å²) in [4.78, 5) is 15.6. The van der Waals surface area contributed by atoms with Crippen molar-refractivity contribution in [2.45, 2.75) is 19.4 Å². The zero-order valence-electron chi connectivity index (χ0n) is 8.08. The molecule has 0 unspecified atom stereocenters. The van der Waals surface area contributed by atoms with Gasteiger partial charge in [-0.15, -0.1) is 0 Å². The molecule has 2 N–H and O–H groups in total. The molecule has 0 aliphatic carbocycles. The molecule has 0 saturated carbocycles. The lowest BCUT2D eigenvalue weighted by molar-refractivity contribution is -0.119. The second kappa shape index (κ2) is 3.75. The van der Waals surface area contributed by atoms with Crippen molar-refractivity contribution < 1.29 is 4.79 Å². The fourth-order valence-corrected chi connectivity index (χ4v) is 1.35. The van der Waals surface area contributed by atoms with Crippen LogP contribution < -0.4 is 10.6 Å². The number of aromatic nitrogens is 1. The second-order valence-corrected chi connectivity index (χ2v) is 3.42. The van der Waals surface area contributed by atoms with Crippen molar-refractivity contribution in [3.63, 3.8) is 0 Å². The number of carbonyl (C=O) groups excluding carboxylic acids is 1. The first-order valence-corrected chi connectivity index (χ1v) is 4.73. The molecule has 4 heteroatoms. The van der Waals surface area contributed by atoms with Crippen LogP contribution in [0.2, 0.25) is 0 Å². The van der Waals surface area contributed by atoms with Crippen molar-refractivity contribution in [2.75, 3.05) is 11.9 Å². The molecule has 2 heterocycles. The molecule has 1 aromatic heterocycles. The average Bonchev–Trinajstić information content (AvgIpc) is 2.05. The van der Waals surface area contributed by atoms with E-state index in [0.717, 1.165) is 24.3 Å². The smallest absolute Gasteiger partial charge is 0.241 e. The van der Waals surface area contributed by atoms with Gasteiger partial charge in [-0.1, -0.05) is 0 Å². The van der Waals surface area contributed by atoms with Crippen LogP contribution in [0.4, 0.5) is 5.69 Å². The number of amides is 1. The molecule has 0 spiro atoms. The molecule has 4 nitrogen and oxygen atoms in total. The quantitative estimate of drug-likeness (QED) is 0.723. The van der Waals surface area contributed by atoms with E-state index in [0.29, 0.717) is 0 Å². The first kappa shape index (κ1) is 9.15. The fourth-order valence-electron chi connectivity index (χ4n) is 1.35. The van der Waals surface area contributed by atoms with Gasteiger partial charge in [0.25, 0.3) is 0 Å². The molecule has 0 radical (unpaired) electrons. The minimum Gasteiger partial charge on any atom is -0.323 e. The monoisotopic (exact) mass is 191 g/mol. The summed E-state index contributed by atoms with van der Waals surface area (Å²) in [6, 6.07) is 3.66. The van der Waals surface area contributed by atoms with Gasteiger partial charge < -0.3 is 10.6 Å². The maximum absolute atomic E-state index is 11.5. The van der Waals surface area contributed by atoms with Crippen molar-refractivity contribution in [2.24, 2.45) is 0 Å². The Morgan fingerprint density at radius 3 is 3.07 bits per heavy atom. The number of rotatable bonds is 2. The summed E-state index contributed by atoms with van der Waals surface area (Å²) in [6.07, 6.45) is 2.64. The van der Waals surface area contributed by atoms with E-state index in [9.17, 15) is 4.79 Å². The lowest BCUT2D eigenvalue weighted by atomic mass is 10.1. The zero-order valence-corrected chi connectivity index (χ0v) is 8.08. The lowest BCUT2D eigenvalue weighted by Crippen LogP contribution is -2.50.